The van der Waals surface area contributed by atoms with Crippen molar-refractivity contribution in [3.8, 4) is 0 Å². The highest BCUT2D eigenvalue weighted by Crippen LogP contribution is 2.26. The summed E-state index contributed by atoms with van der Waals surface area (Å²) in [6.45, 7) is 12.9. The highest BCUT2D eigenvalue weighted by atomic mass is 32.1. The lowest BCUT2D eigenvalue weighted by atomic mass is 9.89. The van der Waals surface area contributed by atoms with E-state index in [2.05, 4.69) is 65.7 Å². The summed E-state index contributed by atoms with van der Waals surface area (Å²) in [4.78, 5) is 8.27. The van der Waals surface area contributed by atoms with Gasteiger partial charge in [-0.05, 0) is 23.8 Å². The summed E-state index contributed by atoms with van der Waals surface area (Å²) in [5, 5.41) is 9.07. The molecule has 2 N–H and O–H groups in total. The van der Waals surface area contributed by atoms with Crippen LogP contribution in [0.2, 0.25) is 0 Å². The fraction of sp³-hybridized carbons (Fsp3) is 0.750. The first-order valence-corrected chi connectivity index (χ1v) is 10.6. The molecule has 1 saturated heterocycles. The van der Waals surface area contributed by atoms with Crippen molar-refractivity contribution in [2.45, 2.75) is 45.9 Å². The van der Waals surface area contributed by atoms with Crippen molar-refractivity contribution in [1.29, 1.82) is 0 Å². The number of ether oxygens (including phenoxy) is 2. The molecule has 0 radical (unpaired) electrons. The third-order valence-electron chi connectivity index (χ3n) is 4.98. The molecule has 3 atom stereocenters. The van der Waals surface area contributed by atoms with Crippen molar-refractivity contribution in [3.05, 3.63) is 22.4 Å². The Morgan fingerprint density at radius 3 is 2.70 bits per heavy atom. The highest BCUT2D eigenvalue weighted by Gasteiger charge is 2.27. The average molecular weight is 397 g/mol. The molecule has 0 aliphatic carbocycles. The number of morpholine rings is 1. The van der Waals surface area contributed by atoms with Crippen LogP contribution in [-0.4, -0.2) is 70.0 Å². The molecule has 0 spiro atoms. The summed E-state index contributed by atoms with van der Waals surface area (Å²) < 4.78 is 11.4. The average Bonchev–Trinajstić information content (AvgIpc) is 3.14. The van der Waals surface area contributed by atoms with Gasteiger partial charge in [0.15, 0.2) is 5.96 Å². The van der Waals surface area contributed by atoms with E-state index in [1.54, 1.807) is 7.11 Å². The van der Waals surface area contributed by atoms with Gasteiger partial charge in [-0.1, -0.05) is 26.8 Å². The van der Waals surface area contributed by atoms with Crippen molar-refractivity contribution >= 4 is 17.3 Å². The van der Waals surface area contributed by atoms with Crippen molar-refractivity contribution < 1.29 is 9.47 Å². The number of guanidine groups is 1. The number of hydrogen-bond donors (Lipinski definition) is 2. The first-order chi connectivity index (χ1) is 12.8. The van der Waals surface area contributed by atoms with Crippen LogP contribution in [0.15, 0.2) is 22.5 Å². The molecule has 1 aromatic rings. The maximum atomic E-state index is 5.72. The minimum Gasteiger partial charge on any atom is -0.379 e. The molecule has 0 amide bonds. The molecule has 2 rings (SSSR count). The van der Waals surface area contributed by atoms with Gasteiger partial charge < -0.3 is 20.1 Å². The van der Waals surface area contributed by atoms with Crippen LogP contribution in [0, 0.1) is 5.41 Å². The lowest BCUT2D eigenvalue weighted by molar-refractivity contribution is -0.0334. The molecule has 154 valence electrons. The summed E-state index contributed by atoms with van der Waals surface area (Å²) in [7, 11) is 3.57. The molecule has 0 bridgehead atoms. The van der Waals surface area contributed by atoms with E-state index < -0.39 is 0 Å². The lowest BCUT2D eigenvalue weighted by Crippen LogP contribution is -2.49. The van der Waals surface area contributed by atoms with Gasteiger partial charge in [-0.2, -0.15) is 0 Å². The summed E-state index contributed by atoms with van der Waals surface area (Å²) >= 11 is 1.81. The van der Waals surface area contributed by atoms with E-state index in [9.17, 15) is 0 Å². The Balaban J connectivity index is 1.96. The second kappa shape index (κ2) is 10.4. The Kier molecular flexibility index (Phi) is 8.54. The normalized spacial score (nSPS) is 21.7. The van der Waals surface area contributed by atoms with Gasteiger partial charge in [0.1, 0.15) is 0 Å². The quantitative estimate of drug-likeness (QED) is 0.548. The standard InChI is InChI=1S/C20H36N4O2S/c1-15-14-24(9-10-26-15)16(17-8-7-11-27-17)12-22-19(21-5)23-13-18(25-6)20(2,3)4/h7-8,11,15-16,18H,9-10,12-14H2,1-6H3,(H2,21,22,23). The zero-order valence-corrected chi connectivity index (χ0v) is 18.4. The van der Waals surface area contributed by atoms with Gasteiger partial charge in [0.05, 0.1) is 24.9 Å². The van der Waals surface area contributed by atoms with Gasteiger partial charge in [-0.3, -0.25) is 9.89 Å². The van der Waals surface area contributed by atoms with E-state index >= 15 is 0 Å². The summed E-state index contributed by atoms with van der Waals surface area (Å²) in [6, 6.07) is 4.65. The number of rotatable bonds is 7. The fourth-order valence-corrected chi connectivity index (χ4v) is 4.23. The zero-order chi connectivity index (χ0) is 19.9. The van der Waals surface area contributed by atoms with Crippen molar-refractivity contribution in [2.75, 3.05) is 46.9 Å². The van der Waals surface area contributed by atoms with Crippen LogP contribution in [0.4, 0.5) is 0 Å². The Hall–Kier alpha value is -1.15. The Labute approximate surface area is 168 Å². The summed E-state index contributed by atoms with van der Waals surface area (Å²) in [6.07, 6.45) is 0.386. The van der Waals surface area contributed by atoms with Crippen LogP contribution in [0.5, 0.6) is 0 Å². The van der Waals surface area contributed by atoms with Gasteiger partial charge in [0, 0.05) is 45.2 Å². The van der Waals surface area contributed by atoms with E-state index in [1.807, 2.05) is 18.4 Å². The molecular formula is C20H36N4O2S. The molecule has 1 aromatic heterocycles. The third-order valence-corrected chi connectivity index (χ3v) is 5.95. The smallest absolute Gasteiger partial charge is 0.191 e. The predicted octanol–water partition coefficient (Wildman–Crippen LogP) is 2.74. The minimum absolute atomic E-state index is 0.0735. The monoisotopic (exact) mass is 396 g/mol. The molecule has 1 aliphatic heterocycles. The van der Waals surface area contributed by atoms with Crippen LogP contribution in [0.1, 0.15) is 38.6 Å². The number of nitrogens with one attached hydrogen (secondary N) is 2. The molecule has 7 heteroatoms. The van der Waals surface area contributed by atoms with Crippen molar-refractivity contribution in [3.63, 3.8) is 0 Å². The highest BCUT2D eigenvalue weighted by molar-refractivity contribution is 7.10. The first-order valence-electron chi connectivity index (χ1n) is 9.71. The number of thiophene rings is 1. The van der Waals surface area contributed by atoms with E-state index in [0.29, 0.717) is 6.04 Å². The number of methoxy groups -OCH3 is 1. The molecular weight excluding hydrogens is 360 g/mol. The molecule has 6 nitrogen and oxygen atoms in total. The molecule has 27 heavy (non-hydrogen) atoms. The predicted molar refractivity (Wildman–Crippen MR) is 114 cm³/mol. The van der Waals surface area contributed by atoms with E-state index in [4.69, 9.17) is 9.47 Å². The Morgan fingerprint density at radius 1 is 1.41 bits per heavy atom. The second-order valence-corrected chi connectivity index (χ2v) is 9.11. The van der Waals surface area contributed by atoms with Crippen LogP contribution in [0.25, 0.3) is 0 Å². The molecule has 0 saturated carbocycles. The molecule has 3 unspecified atom stereocenters. The van der Waals surface area contributed by atoms with Gasteiger partial charge in [-0.25, -0.2) is 0 Å². The minimum atomic E-state index is 0.0735. The van der Waals surface area contributed by atoms with Crippen LogP contribution >= 0.6 is 11.3 Å². The van der Waals surface area contributed by atoms with E-state index in [0.717, 1.165) is 38.7 Å². The van der Waals surface area contributed by atoms with E-state index in [-0.39, 0.29) is 17.6 Å². The van der Waals surface area contributed by atoms with Gasteiger partial charge in [0.2, 0.25) is 0 Å². The largest absolute Gasteiger partial charge is 0.379 e. The summed E-state index contributed by atoms with van der Waals surface area (Å²) in [5.41, 5.74) is 0.0735. The number of hydrogen-bond acceptors (Lipinski definition) is 5. The van der Waals surface area contributed by atoms with E-state index in [1.165, 1.54) is 4.88 Å². The lowest BCUT2D eigenvalue weighted by Gasteiger charge is -2.37. The maximum absolute atomic E-state index is 5.72. The van der Waals surface area contributed by atoms with Gasteiger partial charge in [0.25, 0.3) is 0 Å². The molecule has 1 fully saturated rings. The van der Waals surface area contributed by atoms with Crippen LogP contribution < -0.4 is 10.6 Å². The molecule has 1 aliphatic rings. The van der Waals surface area contributed by atoms with Crippen molar-refractivity contribution in [1.82, 2.24) is 15.5 Å². The topological polar surface area (TPSA) is 58.1 Å². The van der Waals surface area contributed by atoms with Crippen LogP contribution in [0.3, 0.4) is 0 Å². The first kappa shape index (κ1) is 22.1. The summed E-state index contributed by atoms with van der Waals surface area (Å²) in [5.74, 6) is 0.809. The van der Waals surface area contributed by atoms with Gasteiger partial charge in [-0.15, -0.1) is 11.3 Å². The van der Waals surface area contributed by atoms with Crippen LogP contribution in [-0.2, 0) is 9.47 Å². The molecule has 2 heterocycles. The number of nitrogens with zero attached hydrogens (tertiary/aromatic N) is 2. The third kappa shape index (κ3) is 6.75. The van der Waals surface area contributed by atoms with Crippen molar-refractivity contribution in [2.24, 2.45) is 10.4 Å². The molecule has 0 aromatic carbocycles. The maximum Gasteiger partial charge on any atom is 0.191 e. The Morgan fingerprint density at radius 2 is 2.15 bits per heavy atom. The zero-order valence-electron chi connectivity index (χ0n) is 17.6. The second-order valence-electron chi connectivity index (χ2n) is 8.13. The SMILES string of the molecule is CN=C(NCC(c1cccs1)N1CCOC(C)C1)NCC(OC)C(C)(C)C. The number of aliphatic imine (C=N–C) groups is 1. The Bertz CT molecular complexity index is 571. The fourth-order valence-electron chi connectivity index (χ4n) is 3.37. The van der Waals surface area contributed by atoms with Gasteiger partial charge >= 0.3 is 0 Å².